The first-order valence-electron chi connectivity index (χ1n) is 10.9. The molecule has 18 heteroatoms. The van der Waals surface area contributed by atoms with Crippen LogP contribution >= 0.6 is 0 Å². The van der Waals surface area contributed by atoms with Gasteiger partial charge < -0.3 is 69.6 Å². The fourth-order valence-corrected chi connectivity index (χ4v) is 5.34. The third-order valence-electron chi connectivity index (χ3n) is 6.37. The van der Waals surface area contributed by atoms with Crippen molar-refractivity contribution in [1.82, 2.24) is 0 Å². The van der Waals surface area contributed by atoms with Crippen molar-refractivity contribution in [2.45, 2.75) is 98.2 Å². The van der Waals surface area contributed by atoms with Gasteiger partial charge in [0.15, 0.2) is 18.9 Å². The lowest BCUT2D eigenvalue weighted by molar-refractivity contribution is -0.377. The molecule has 10 N–H and O–H groups in total. The van der Waals surface area contributed by atoms with Gasteiger partial charge in [0.05, 0.1) is 19.3 Å². The zero-order valence-electron chi connectivity index (χ0n) is 18.8. The summed E-state index contributed by atoms with van der Waals surface area (Å²) >= 11 is 0. The highest BCUT2D eigenvalue weighted by Crippen LogP contribution is 2.33. The van der Waals surface area contributed by atoms with Crippen LogP contribution in [0.1, 0.15) is 6.92 Å². The van der Waals surface area contributed by atoms with Gasteiger partial charge >= 0.3 is 0 Å². The average Bonchev–Trinajstić information content (AvgIpc) is 2.80. The van der Waals surface area contributed by atoms with Gasteiger partial charge in [-0.05, 0) is 6.92 Å². The average molecular weight is 553 g/mol. The van der Waals surface area contributed by atoms with Gasteiger partial charge in [-0.1, -0.05) is 0 Å². The number of hydrogen-bond donors (Lipinski definition) is 10. The van der Waals surface area contributed by atoms with E-state index >= 15 is 0 Å². The highest BCUT2D eigenvalue weighted by Gasteiger charge is 2.55. The van der Waals surface area contributed by atoms with E-state index in [0.717, 1.165) is 0 Å². The predicted molar refractivity (Wildman–Crippen MR) is 109 cm³/mol. The molecule has 0 amide bonds. The Morgan fingerprint density at radius 2 is 1.22 bits per heavy atom. The summed E-state index contributed by atoms with van der Waals surface area (Å²) < 4.78 is 59.7. The Bertz CT molecular complexity index is 828. The fraction of sp³-hybridized carbons (Fsp3) is 1.00. The molecule has 0 bridgehead atoms. The van der Waals surface area contributed by atoms with Crippen molar-refractivity contribution in [2.24, 2.45) is 0 Å². The maximum Gasteiger partial charge on any atom is 0.273 e. The molecule has 17 nitrogen and oxygen atoms in total. The largest absolute Gasteiger partial charge is 0.394 e. The van der Waals surface area contributed by atoms with Crippen molar-refractivity contribution in [3.05, 3.63) is 0 Å². The van der Waals surface area contributed by atoms with Gasteiger partial charge in [-0.2, -0.15) is 8.42 Å². The van der Waals surface area contributed by atoms with E-state index in [2.05, 4.69) is 0 Å². The van der Waals surface area contributed by atoms with Crippen LogP contribution in [0.25, 0.3) is 0 Å². The van der Waals surface area contributed by atoms with E-state index in [-0.39, 0.29) is 0 Å². The zero-order valence-corrected chi connectivity index (χ0v) is 19.6. The summed E-state index contributed by atoms with van der Waals surface area (Å²) in [5, 5.41) is 88.2. The van der Waals surface area contributed by atoms with Gasteiger partial charge in [-0.15, -0.1) is 0 Å². The van der Waals surface area contributed by atoms with Gasteiger partial charge in [0.2, 0.25) is 0 Å². The summed E-state index contributed by atoms with van der Waals surface area (Å²) in [6.45, 7) is -0.513. The molecule has 3 rings (SSSR count). The Morgan fingerprint density at radius 1 is 0.667 bits per heavy atom. The van der Waals surface area contributed by atoms with Gasteiger partial charge in [0, 0.05) is 0 Å². The quantitative estimate of drug-likeness (QED) is 0.131. The van der Waals surface area contributed by atoms with Crippen LogP contribution in [0.5, 0.6) is 0 Å². The molecule has 0 radical (unpaired) electrons. The van der Waals surface area contributed by atoms with E-state index in [4.69, 9.17) is 23.7 Å². The molecule has 0 aromatic carbocycles. The second kappa shape index (κ2) is 11.6. The third-order valence-corrected chi connectivity index (χ3v) is 7.62. The molecule has 15 atom stereocenters. The van der Waals surface area contributed by atoms with Crippen LogP contribution in [0.2, 0.25) is 0 Å². The lowest BCUT2D eigenvalue weighted by Crippen LogP contribution is -2.67. The number of rotatable bonds is 7. The molecule has 212 valence electrons. The summed E-state index contributed by atoms with van der Waals surface area (Å²) in [5.74, 6) is 0. The van der Waals surface area contributed by atoms with Crippen molar-refractivity contribution in [2.75, 3.05) is 13.2 Å². The highest BCUT2D eigenvalue weighted by molar-refractivity contribution is 7.86. The summed E-state index contributed by atoms with van der Waals surface area (Å²) in [6.07, 6.45) is -24.8. The van der Waals surface area contributed by atoms with E-state index in [1.165, 1.54) is 6.92 Å². The summed E-state index contributed by atoms with van der Waals surface area (Å²) in [5.41, 5.74) is 0. The standard InChI is InChI=1S/C18H32O17S/c1-4-7(21)9(23)10(24)17(31-4)35-14-11(25)16(27)32-6(3-20)13(14)34-18-12(26)15(36(28,29)30)8(22)5(2-19)33-18/h4-27H,2-3H2,1H3,(H,28,29,30). The second-order valence-electron chi connectivity index (χ2n) is 8.81. The van der Waals surface area contributed by atoms with Crippen molar-refractivity contribution >= 4 is 10.1 Å². The molecule has 0 saturated carbocycles. The summed E-state index contributed by atoms with van der Waals surface area (Å²) in [4.78, 5) is 0. The van der Waals surface area contributed by atoms with E-state index in [1.807, 2.05) is 0 Å². The molecule has 0 aromatic rings. The second-order valence-corrected chi connectivity index (χ2v) is 10.4. The summed E-state index contributed by atoms with van der Waals surface area (Å²) in [6, 6.07) is 0. The number of aliphatic hydroxyl groups is 9. The zero-order chi connectivity index (χ0) is 27.1. The first-order chi connectivity index (χ1) is 16.7. The molecule has 36 heavy (non-hydrogen) atoms. The molecular formula is C18H32O17S. The van der Waals surface area contributed by atoms with Crippen molar-refractivity contribution < 1.29 is 82.6 Å². The Hall–Kier alpha value is -0.650. The van der Waals surface area contributed by atoms with Crippen LogP contribution < -0.4 is 0 Å². The predicted octanol–water partition coefficient (Wildman–Crippen LogP) is -6.65. The van der Waals surface area contributed by atoms with E-state index in [0.29, 0.717) is 0 Å². The van der Waals surface area contributed by atoms with Crippen LogP contribution in [0, 0.1) is 0 Å². The summed E-state index contributed by atoms with van der Waals surface area (Å²) in [7, 11) is -5.12. The molecule has 3 fully saturated rings. The molecule has 0 aliphatic carbocycles. The minimum Gasteiger partial charge on any atom is -0.394 e. The van der Waals surface area contributed by atoms with Crippen molar-refractivity contribution in [1.29, 1.82) is 0 Å². The number of ether oxygens (including phenoxy) is 5. The minimum absolute atomic E-state index is 0.892. The molecule has 0 spiro atoms. The smallest absolute Gasteiger partial charge is 0.273 e. The van der Waals surface area contributed by atoms with E-state index < -0.39 is 115 Å². The highest BCUT2D eigenvalue weighted by atomic mass is 32.2. The van der Waals surface area contributed by atoms with Gasteiger partial charge in [0.25, 0.3) is 10.1 Å². The molecule has 3 saturated heterocycles. The van der Waals surface area contributed by atoms with Crippen LogP contribution in [-0.4, -0.2) is 163 Å². The normalized spacial score (nSPS) is 50.7. The Labute approximate surface area is 204 Å². The van der Waals surface area contributed by atoms with Gasteiger partial charge in [-0.3, -0.25) is 4.55 Å². The van der Waals surface area contributed by atoms with E-state index in [9.17, 15) is 58.9 Å². The maximum absolute atomic E-state index is 11.8. The Balaban J connectivity index is 1.90. The van der Waals surface area contributed by atoms with Gasteiger partial charge in [-0.25, -0.2) is 0 Å². The molecule has 0 aromatic heterocycles. The monoisotopic (exact) mass is 552 g/mol. The molecule has 3 aliphatic rings. The third kappa shape index (κ3) is 5.83. The van der Waals surface area contributed by atoms with Crippen LogP contribution in [0.4, 0.5) is 0 Å². The molecule has 3 heterocycles. The molecular weight excluding hydrogens is 520 g/mol. The van der Waals surface area contributed by atoms with Crippen molar-refractivity contribution in [3.8, 4) is 0 Å². The van der Waals surface area contributed by atoms with Crippen molar-refractivity contribution in [3.63, 3.8) is 0 Å². The minimum atomic E-state index is -5.12. The van der Waals surface area contributed by atoms with Crippen LogP contribution in [0.15, 0.2) is 0 Å². The number of hydrogen-bond acceptors (Lipinski definition) is 16. The van der Waals surface area contributed by atoms with Crippen LogP contribution in [-0.2, 0) is 33.8 Å². The van der Waals surface area contributed by atoms with Gasteiger partial charge in [0.1, 0.15) is 66.3 Å². The molecule has 15 unspecified atom stereocenters. The topological polar surface area (TPSA) is 283 Å². The fourth-order valence-electron chi connectivity index (χ4n) is 4.33. The SMILES string of the molecule is CC1OC(OC2C(O)C(O)OC(CO)C2OC2OC(CO)C(O)C(S(=O)(=O)O)C2O)C(O)C(O)C1O. The lowest BCUT2D eigenvalue weighted by Gasteiger charge is -2.48. The van der Waals surface area contributed by atoms with E-state index in [1.54, 1.807) is 0 Å². The Morgan fingerprint density at radius 3 is 1.78 bits per heavy atom. The number of aliphatic hydroxyl groups excluding tert-OH is 9. The lowest BCUT2D eigenvalue weighted by atomic mass is 9.96. The Kier molecular flexibility index (Phi) is 9.65. The maximum atomic E-state index is 11.8. The molecule has 3 aliphatic heterocycles. The first kappa shape index (κ1) is 29.9. The first-order valence-corrected chi connectivity index (χ1v) is 12.4. The van der Waals surface area contributed by atoms with Crippen LogP contribution in [0.3, 0.4) is 0 Å².